The third-order valence-corrected chi connectivity index (χ3v) is 4.39. The molecule has 0 amide bonds. The molecule has 1 saturated heterocycles. The lowest BCUT2D eigenvalue weighted by atomic mass is 10.1. The van der Waals surface area contributed by atoms with Crippen LogP contribution in [0.1, 0.15) is 31.7 Å². The molecule has 2 heteroatoms. The number of benzene rings is 2. The molecule has 0 N–H and O–H groups in total. The van der Waals surface area contributed by atoms with Crippen LogP contribution in [0, 0.1) is 0 Å². The maximum absolute atomic E-state index is 5.84. The molecule has 23 heavy (non-hydrogen) atoms. The summed E-state index contributed by atoms with van der Waals surface area (Å²) in [6, 6.07) is 18.3. The highest BCUT2D eigenvalue weighted by molar-refractivity contribution is 5.64. The van der Waals surface area contributed by atoms with E-state index in [9.17, 15) is 0 Å². The van der Waals surface area contributed by atoms with Crippen molar-refractivity contribution in [3.05, 3.63) is 66.2 Å². The number of rotatable bonds is 5. The number of piperidine rings is 1. The largest absolute Gasteiger partial charge is 0.457 e. The molecule has 0 bridgehead atoms. The number of nitrogens with zero attached hydrogens (tertiary/aromatic N) is 1. The Morgan fingerprint density at radius 1 is 0.913 bits per heavy atom. The number of hydrogen-bond acceptors (Lipinski definition) is 2. The molecule has 0 saturated carbocycles. The van der Waals surface area contributed by atoms with Crippen LogP contribution in [0.3, 0.4) is 0 Å². The molecular weight excluding hydrogens is 282 g/mol. The van der Waals surface area contributed by atoms with E-state index in [2.05, 4.69) is 30.0 Å². The van der Waals surface area contributed by atoms with E-state index >= 15 is 0 Å². The van der Waals surface area contributed by atoms with Gasteiger partial charge >= 0.3 is 0 Å². The Morgan fingerprint density at radius 3 is 2.26 bits per heavy atom. The molecule has 0 unspecified atom stereocenters. The van der Waals surface area contributed by atoms with Gasteiger partial charge in [-0.2, -0.15) is 0 Å². The van der Waals surface area contributed by atoms with Crippen molar-refractivity contribution < 1.29 is 4.74 Å². The summed E-state index contributed by atoms with van der Waals surface area (Å²) < 4.78 is 5.84. The van der Waals surface area contributed by atoms with Crippen LogP contribution in [0.2, 0.25) is 0 Å². The van der Waals surface area contributed by atoms with Crippen LogP contribution in [-0.4, -0.2) is 24.5 Å². The lowest BCUT2D eigenvalue weighted by Gasteiger charge is -2.25. The molecule has 2 aromatic rings. The van der Waals surface area contributed by atoms with Crippen molar-refractivity contribution in [1.82, 2.24) is 4.90 Å². The monoisotopic (exact) mass is 307 g/mol. The van der Waals surface area contributed by atoms with Crippen LogP contribution in [0.5, 0.6) is 11.5 Å². The molecule has 0 aromatic heterocycles. The van der Waals surface area contributed by atoms with Crippen molar-refractivity contribution in [2.75, 3.05) is 19.6 Å². The summed E-state index contributed by atoms with van der Waals surface area (Å²) in [5, 5.41) is 0. The summed E-state index contributed by atoms with van der Waals surface area (Å²) >= 11 is 0. The SMILES string of the molecule is CC(=CCN1CCCCC1)c1ccc(Oc2ccccc2)cc1. The van der Waals surface area contributed by atoms with E-state index in [4.69, 9.17) is 4.74 Å². The number of allylic oxidation sites excluding steroid dienone is 1. The minimum Gasteiger partial charge on any atom is -0.457 e. The summed E-state index contributed by atoms with van der Waals surface area (Å²) in [4.78, 5) is 2.54. The normalized spacial score (nSPS) is 16.3. The average molecular weight is 307 g/mol. The molecule has 0 spiro atoms. The van der Waals surface area contributed by atoms with Gasteiger partial charge < -0.3 is 4.74 Å². The van der Waals surface area contributed by atoms with Gasteiger partial charge in [-0.1, -0.05) is 42.8 Å². The summed E-state index contributed by atoms with van der Waals surface area (Å²) in [7, 11) is 0. The van der Waals surface area contributed by atoms with Crippen molar-refractivity contribution in [3.8, 4) is 11.5 Å². The maximum Gasteiger partial charge on any atom is 0.127 e. The molecule has 1 fully saturated rings. The molecule has 0 aliphatic carbocycles. The quantitative estimate of drug-likeness (QED) is 0.736. The Bertz CT molecular complexity index is 625. The van der Waals surface area contributed by atoms with Crippen LogP contribution in [0.4, 0.5) is 0 Å². The van der Waals surface area contributed by atoms with Gasteiger partial charge in [-0.25, -0.2) is 0 Å². The molecule has 2 nitrogen and oxygen atoms in total. The molecule has 0 atom stereocenters. The predicted octanol–water partition coefficient (Wildman–Crippen LogP) is 5.37. The van der Waals surface area contributed by atoms with Gasteiger partial charge in [-0.05, 0) is 68.3 Å². The first-order chi connectivity index (χ1) is 11.3. The van der Waals surface area contributed by atoms with E-state index < -0.39 is 0 Å². The van der Waals surface area contributed by atoms with Crippen LogP contribution >= 0.6 is 0 Å². The Morgan fingerprint density at radius 2 is 1.57 bits per heavy atom. The Hall–Kier alpha value is -2.06. The maximum atomic E-state index is 5.84. The zero-order chi connectivity index (χ0) is 15.9. The fourth-order valence-corrected chi connectivity index (χ4v) is 2.94. The fourth-order valence-electron chi connectivity index (χ4n) is 2.94. The minimum absolute atomic E-state index is 0.873. The Kier molecular flexibility index (Phi) is 5.49. The van der Waals surface area contributed by atoms with Gasteiger partial charge in [0.15, 0.2) is 0 Å². The molecule has 1 heterocycles. The molecule has 1 aliphatic rings. The zero-order valence-electron chi connectivity index (χ0n) is 13.9. The summed E-state index contributed by atoms with van der Waals surface area (Å²) in [6.45, 7) is 5.74. The zero-order valence-corrected chi connectivity index (χ0v) is 13.9. The van der Waals surface area contributed by atoms with Gasteiger partial charge in [0.1, 0.15) is 11.5 Å². The van der Waals surface area contributed by atoms with Crippen LogP contribution in [-0.2, 0) is 0 Å². The van der Waals surface area contributed by atoms with Crippen molar-refractivity contribution >= 4 is 5.57 Å². The lowest BCUT2D eigenvalue weighted by Crippen LogP contribution is -2.29. The first-order valence-corrected chi connectivity index (χ1v) is 8.54. The van der Waals surface area contributed by atoms with Crippen molar-refractivity contribution in [3.63, 3.8) is 0 Å². The number of hydrogen-bond donors (Lipinski definition) is 0. The third-order valence-electron chi connectivity index (χ3n) is 4.39. The number of likely N-dealkylation sites (tertiary alicyclic amines) is 1. The second-order valence-electron chi connectivity index (χ2n) is 6.19. The summed E-state index contributed by atoms with van der Waals surface area (Å²) in [6.07, 6.45) is 6.43. The molecule has 120 valence electrons. The van der Waals surface area contributed by atoms with E-state index in [1.165, 1.54) is 43.5 Å². The van der Waals surface area contributed by atoms with E-state index in [1.54, 1.807) is 0 Å². The number of para-hydroxylation sites is 1. The summed E-state index contributed by atoms with van der Waals surface area (Å²) in [5.41, 5.74) is 2.60. The van der Waals surface area contributed by atoms with E-state index in [0.717, 1.165) is 18.0 Å². The van der Waals surface area contributed by atoms with Gasteiger partial charge in [0.25, 0.3) is 0 Å². The first-order valence-electron chi connectivity index (χ1n) is 8.54. The average Bonchev–Trinajstić information content (AvgIpc) is 2.62. The molecule has 0 radical (unpaired) electrons. The minimum atomic E-state index is 0.873. The molecule has 2 aromatic carbocycles. The fraction of sp³-hybridized carbons (Fsp3) is 0.333. The smallest absolute Gasteiger partial charge is 0.127 e. The Balaban J connectivity index is 1.59. The van der Waals surface area contributed by atoms with Crippen molar-refractivity contribution in [2.24, 2.45) is 0 Å². The van der Waals surface area contributed by atoms with Crippen LogP contribution in [0.25, 0.3) is 5.57 Å². The molecular formula is C21H25NO. The second kappa shape index (κ2) is 7.98. The van der Waals surface area contributed by atoms with E-state index in [0.29, 0.717) is 0 Å². The van der Waals surface area contributed by atoms with E-state index in [-0.39, 0.29) is 0 Å². The Labute approximate surface area is 139 Å². The van der Waals surface area contributed by atoms with Crippen LogP contribution < -0.4 is 4.74 Å². The van der Waals surface area contributed by atoms with E-state index in [1.807, 2.05) is 42.5 Å². The van der Waals surface area contributed by atoms with Crippen molar-refractivity contribution in [2.45, 2.75) is 26.2 Å². The highest BCUT2D eigenvalue weighted by Crippen LogP contribution is 2.23. The molecule has 1 aliphatic heterocycles. The lowest BCUT2D eigenvalue weighted by molar-refractivity contribution is 0.251. The number of ether oxygens (including phenoxy) is 1. The standard InChI is InChI=1S/C21H25NO/c1-18(14-17-22-15-6-3-7-16-22)19-10-12-21(13-11-19)23-20-8-4-2-5-9-20/h2,4-5,8-14H,3,6-7,15-17H2,1H3. The topological polar surface area (TPSA) is 12.5 Å². The van der Waals surface area contributed by atoms with Gasteiger partial charge in [0.2, 0.25) is 0 Å². The van der Waals surface area contributed by atoms with Crippen LogP contribution in [0.15, 0.2) is 60.7 Å². The first kappa shape index (κ1) is 15.8. The summed E-state index contributed by atoms with van der Waals surface area (Å²) in [5.74, 6) is 1.75. The van der Waals surface area contributed by atoms with Gasteiger partial charge in [0.05, 0.1) is 0 Å². The molecule has 3 rings (SSSR count). The van der Waals surface area contributed by atoms with Crippen molar-refractivity contribution in [1.29, 1.82) is 0 Å². The van der Waals surface area contributed by atoms with Gasteiger partial charge in [-0.3, -0.25) is 4.90 Å². The predicted molar refractivity (Wildman–Crippen MR) is 96.9 cm³/mol. The second-order valence-corrected chi connectivity index (χ2v) is 6.19. The third kappa shape index (κ3) is 4.70. The van der Waals surface area contributed by atoms with Gasteiger partial charge in [0, 0.05) is 6.54 Å². The van der Waals surface area contributed by atoms with Gasteiger partial charge in [-0.15, -0.1) is 0 Å². The highest BCUT2D eigenvalue weighted by Gasteiger charge is 2.08. The highest BCUT2D eigenvalue weighted by atomic mass is 16.5.